The molecule has 0 unspecified atom stereocenters. The van der Waals surface area contributed by atoms with E-state index < -0.39 is 0 Å². The second-order valence-electron chi connectivity index (χ2n) is 2.61. The summed E-state index contributed by atoms with van der Waals surface area (Å²) in [6.07, 6.45) is 3.57. The van der Waals surface area contributed by atoms with Gasteiger partial charge in [0.15, 0.2) is 5.22 Å². The minimum atomic E-state index is -0.0736. The van der Waals surface area contributed by atoms with E-state index in [0.717, 1.165) is 18.6 Å². The summed E-state index contributed by atoms with van der Waals surface area (Å²) < 4.78 is 5.15. The number of hydrogen-bond donors (Lipinski definition) is 1. The van der Waals surface area contributed by atoms with E-state index in [9.17, 15) is 0 Å². The minimum absolute atomic E-state index is 0. The van der Waals surface area contributed by atoms with E-state index in [2.05, 4.69) is 6.58 Å². The van der Waals surface area contributed by atoms with Gasteiger partial charge < -0.3 is 10.2 Å². The van der Waals surface area contributed by atoms with Crippen LogP contribution in [0.2, 0.25) is 5.22 Å². The highest BCUT2D eigenvalue weighted by Crippen LogP contribution is 2.21. The lowest BCUT2D eigenvalue weighted by atomic mass is 10.1. The highest BCUT2D eigenvalue weighted by Gasteiger charge is 2.08. The Morgan fingerprint density at radius 2 is 2.31 bits per heavy atom. The van der Waals surface area contributed by atoms with Crippen molar-refractivity contribution < 1.29 is 4.42 Å². The Morgan fingerprint density at radius 3 is 2.77 bits per heavy atom. The monoisotopic (exact) mass is 221 g/mol. The van der Waals surface area contributed by atoms with Crippen molar-refractivity contribution in [1.82, 2.24) is 0 Å². The third-order valence-corrected chi connectivity index (χ3v) is 1.84. The largest absolute Gasteiger partial charge is 0.448 e. The van der Waals surface area contributed by atoms with Crippen molar-refractivity contribution in [3.05, 3.63) is 35.8 Å². The van der Waals surface area contributed by atoms with Gasteiger partial charge in [-0.2, -0.15) is 0 Å². The molecule has 0 fully saturated rings. The molecule has 74 valence electrons. The summed E-state index contributed by atoms with van der Waals surface area (Å²) in [5, 5.41) is 0.388. The molecule has 1 aromatic rings. The zero-order chi connectivity index (χ0) is 8.97. The first-order chi connectivity index (χ1) is 5.74. The maximum absolute atomic E-state index is 5.79. The van der Waals surface area contributed by atoms with Crippen LogP contribution >= 0.6 is 24.0 Å². The van der Waals surface area contributed by atoms with Crippen LogP contribution in [0, 0.1) is 0 Å². The van der Waals surface area contributed by atoms with Crippen molar-refractivity contribution in [1.29, 1.82) is 0 Å². The van der Waals surface area contributed by atoms with Crippen molar-refractivity contribution in [3.63, 3.8) is 0 Å². The van der Waals surface area contributed by atoms with E-state index in [1.54, 1.807) is 12.1 Å². The van der Waals surface area contributed by atoms with Gasteiger partial charge in [-0.15, -0.1) is 19.0 Å². The van der Waals surface area contributed by atoms with Gasteiger partial charge in [-0.05, 0) is 36.6 Å². The normalized spacial score (nSPS) is 11.8. The van der Waals surface area contributed by atoms with Crippen LogP contribution in [0.1, 0.15) is 24.6 Å². The molecule has 0 saturated heterocycles. The van der Waals surface area contributed by atoms with Gasteiger partial charge in [0.1, 0.15) is 5.76 Å². The maximum Gasteiger partial charge on any atom is 0.193 e. The topological polar surface area (TPSA) is 39.2 Å². The Balaban J connectivity index is 0.00000144. The summed E-state index contributed by atoms with van der Waals surface area (Å²) in [7, 11) is 0. The summed E-state index contributed by atoms with van der Waals surface area (Å²) in [5.74, 6) is 0.738. The average molecular weight is 222 g/mol. The lowest BCUT2D eigenvalue weighted by Gasteiger charge is -2.05. The molecule has 0 radical (unpaired) electrons. The second-order valence-corrected chi connectivity index (χ2v) is 2.99. The van der Waals surface area contributed by atoms with Crippen LogP contribution in [0.25, 0.3) is 0 Å². The zero-order valence-electron chi connectivity index (χ0n) is 7.20. The van der Waals surface area contributed by atoms with Crippen LogP contribution in [0.5, 0.6) is 0 Å². The number of rotatable bonds is 4. The average Bonchev–Trinajstić information content (AvgIpc) is 2.47. The van der Waals surface area contributed by atoms with Gasteiger partial charge in [0.25, 0.3) is 0 Å². The van der Waals surface area contributed by atoms with Gasteiger partial charge in [0, 0.05) is 0 Å². The Kier molecular flexibility index (Phi) is 5.88. The number of hydrogen-bond acceptors (Lipinski definition) is 2. The minimum Gasteiger partial charge on any atom is -0.448 e. The van der Waals surface area contributed by atoms with E-state index in [4.69, 9.17) is 21.8 Å². The highest BCUT2D eigenvalue weighted by atomic mass is 35.5. The van der Waals surface area contributed by atoms with Crippen LogP contribution in [0.15, 0.2) is 29.2 Å². The lowest BCUT2D eigenvalue weighted by molar-refractivity contribution is 0.455. The van der Waals surface area contributed by atoms with Crippen LogP contribution in [0.4, 0.5) is 0 Å². The van der Waals surface area contributed by atoms with Crippen molar-refractivity contribution in [2.24, 2.45) is 5.73 Å². The fourth-order valence-corrected chi connectivity index (χ4v) is 1.12. The van der Waals surface area contributed by atoms with Gasteiger partial charge >= 0.3 is 0 Å². The predicted octanol–water partition coefficient (Wildman–Crippen LogP) is 3.32. The SMILES string of the molecule is C=CCC[C@@H](N)c1ccc(Cl)o1.Cl. The van der Waals surface area contributed by atoms with Crippen LogP contribution in [0.3, 0.4) is 0 Å². The number of furan rings is 1. The molecule has 0 amide bonds. The van der Waals surface area contributed by atoms with Crippen LogP contribution in [-0.2, 0) is 0 Å². The molecule has 4 heteroatoms. The summed E-state index contributed by atoms with van der Waals surface area (Å²) in [4.78, 5) is 0. The first-order valence-electron chi connectivity index (χ1n) is 3.85. The summed E-state index contributed by atoms with van der Waals surface area (Å²) in [5.41, 5.74) is 5.79. The van der Waals surface area contributed by atoms with E-state index in [-0.39, 0.29) is 18.4 Å². The molecule has 1 heterocycles. The molecule has 13 heavy (non-hydrogen) atoms. The second kappa shape index (κ2) is 6.08. The Bertz CT molecular complexity index is 260. The fourth-order valence-electron chi connectivity index (χ4n) is 0.967. The molecule has 2 nitrogen and oxygen atoms in total. The Morgan fingerprint density at radius 1 is 1.62 bits per heavy atom. The van der Waals surface area contributed by atoms with Gasteiger partial charge in [0.2, 0.25) is 0 Å². The zero-order valence-corrected chi connectivity index (χ0v) is 8.77. The fraction of sp³-hybridized carbons (Fsp3) is 0.333. The molecule has 2 N–H and O–H groups in total. The van der Waals surface area contributed by atoms with Crippen molar-refractivity contribution in [2.75, 3.05) is 0 Å². The molecule has 0 aliphatic rings. The third-order valence-electron chi connectivity index (χ3n) is 1.64. The molecule has 0 spiro atoms. The molecule has 0 aliphatic heterocycles. The van der Waals surface area contributed by atoms with E-state index >= 15 is 0 Å². The van der Waals surface area contributed by atoms with Gasteiger partial charge in [0.05, 0.1) is 6.04 Å². The standard InChI is InChI=1S/C9H12ClNO.ClH/c1-2-3-4-7(11)8-5-6-9(10)12-8;/h2,5-7H,1,3-4,11H2;1H/t7-;/m1./s1. The molecular weight excluding hydrogens is 209 g/mol. The number of allylic oxidation sites excluding steroid dienone is 1. The van der Waals surface area contributed by atoms with E-state index in [0.29, 0.717) is 5.22 Å². The highest BCUT2D eigenvalue weighted by molar-refractivity contribution is 6.28. The first kappa shape index (κ1) is 12.6. The van der Waals surface area contributed by atoms with E-state index in [1.165, 1.54) is 0 Å². The summed E-state index contributed by atoms with van der Waals surface area (Å²) in [6, 6.07) is 3.43. The van der Waals surface area contributed by atoms with Gasteiger partial charge in [-0.1, -0.05) is 6.08 Å². The number of halogens is 2. The Labute approximate surface area is 89.2 Å². The summed E-state index contributed by atoms with van der Waals surface area (Å²) >= 11 is 5.60. The molecular formula is C9H13Cl2NO. The first-order valence-corrected chi connectivity index (χ1v) is 4.23. The third kappa shape index (κ3) is 3.85. The molecule has 1 rings (SSSR count). The van der Waals surface area contributed by atoms with Gasteiger partial charge in [-0.25, -0.2) is 0 Å². The maximum atomic E-state index is 5.79. The van der Waals surface area contributed by atoms with Crippen LogP contribution < -0.4 is 5.73 Å². The quantitative estimate of drug-likeness (QED) is 0.793. The lowest BCUT2D eigenvalue weighted by Crippen LogP contribution is -2.08. The molecule has 0 aromatic carbocycles. The molecule has 1 atom stereocenters. The molecule has 0 saturated carbocycles. The van der Waals surface area contributed by atoms with Crippen molar-refractivity contribution in [2.45, 2.75) is 18.9 Å². The summed E-state index contributed by atoms with van der Waals surface area (Å²) in [6.45, 7) is 3.62. The van der Waals surface area contributed by atoms with Crippen molar-refractivity contribution in [3.8, 4) is 0 Å². The van der Waals surface area contributed by atoms with E-state index in [1.807, 2.05) is 6.08 Å². The smallest absolute Gasteiger partial charge is 0.193 e. The Hall–Kier alpha value is -0.440. The predicted molar refractivity (Wildman–Crippen MR) is 57.3 cm³/mol. The number of nitrogens with two attached hydrogens (primary N) is 1. The molecule has 1 aromatic heterocycles. The van der Waals surface area contributed by atoms with Crippen molar-refractivity contribution >= 4 is 24.0 Å². The molecule has 0 aliphatic carbocycles. The van der Waals surface area contributed by atoms with Gasteiger partial charge in [-0.3, -0.25) is 0 Å². The van der Waals surface area contributed by atoms with Crippen LogP contribution in [-0.4, -0.2) is 0 Å². The molecule has 0 bridgehead atoms.